The first-order valence-corrected chi connectivity index (χ1v) is 7.93. The number of benzene rings is 1. The first kappa shape index (κ1) is 18.0. The Morgan fingerprint density at radius 2 is 1.36 bits per heavy atom. The lowest BCUT2D eigenvalue weighted by Gasteiger charge is -2.08. The molecule has 0 aliphatic rings. The maximum atomic E-state index is 9.96. The molecule has 0 unspecified atom stereocenters. The van der Waals surface area contributed by atoms with E-state index in [1.165, 1.54) is 51.0 Å². The van der Waals surface area contributed by atoms with Crippen LogP contribution in [-0.2, 0) is 6.42 Å². The number of oxime groups is 2. The third-order valence-electron chi connectivity index (χ3n) is 3.69. The number of nitrogens with zero attached hydrogens (tertiary/aromatic N) is 2. The molecule has 5 nitrogen and oxygen atoms in total. The van der Waals surface area contributed by atoms with Gasteiger partial charge in [-0.3, -0.25) is 0 Å². The highest BCUT2D eigenvalue weighted by Gasteiger charge is 2.08. The van der Waals surface area contributed by atoms with E-state index in [4.69, 9.17) is 10.4 Å². The molecule has 0 atom stereocenters. The maximum absolute atomic E-state index is 9.96. The zero-order chi connectivity index (χ0) is 16.2. The molecule has 1 aromatic carbocycles. The van der Waals surface area contributed by atoms with Crippen molar-refractivity contribution in [2.75, 3.05) is 0 Å². The monoisotopic (exact) mass is 306 g/mol. The summed E-state index contributed by atoms with van der Waals surface area (Å²) in [4.78, 5) is 0. The van der Waals surface area contributed by atoms with Gasteiger partial charge in [-0.2, -0.15) is 0 Å². The van der Waals surface area contributed by atoms with Gasteiger partial charge in [0.2, 0.25) is 0 Å². The quantitative estimate of drug-likeness (QED) is 0.261. The van der Waals surface area contributed by atoms with Crippen molar-refractivity contribution in [1.82, 2.24) is 0 Å². The van der Waals surface area contributed by atoms with Crippen LogP contribution in [0.1, 0.15) is 68.6 Å². The second-order valence-corrected chi connectivity index (χ2v) is 5.48. The average Bonchev–Trinajstić information content (AvgIpc) is 2.51. The SMILES string of the molecule is CCCCCCCCCc1cc(C=NO)c(O)c(C=NO)c1. The molecule has 0 amide bonds. The summed E-state index contributed by atoms with van der Waals surface area (Å²) in [5, 5.41) is 33.2. The Kier molecular flexibility index (Phi) is 8.72. The summed E-state index contributed by atoms with van der Waals surface area (Å²) in [7, 11) is 0. The van der Waals surface area contributed by atoms with Crippen molar-refractivity contribution in [2.45, 2.75) is 58.3 Å². The molecule has 0 aromatic heterocycles. The lowest BCUT2D eigenvalue weighted by Crippen LogP contribution is -1.95. The Morgan fingerprint density at radius 3 is 1.86 bits per heavy atom. The molecule has 0 spiro atoms. The highest BCUT2D eigenvalue weighted by molar-refractivity contribution is 5.91. The van der Waals surface area contributed by atoms with Gasteiger partial charge in [0.05, 0.1) is 12.4 Å². The molecule has 1 rings (SSSR count). The minimum Gasteiger partial charge on any atom is -0.507 e. The summed E-state index contributed by atoms with van der Waals surface area (Å²) in [6.07, 6.45) is 11.9. The second-order valence-electron chi connectivity index (χ2n) is 5.48. The van der Waals surface area contributed by atoms with Crippen LogP contribution in [0.3, 0.4) is 0 Å². The third kappa shape index (κ3) is 6.16. The van der Waals surface area contributed by atoms with Crippen molar-refractivity contribution in [3.63, 3.8) is 0 Å². The van der Waals surface area contributed by atoms with Gasteiger partial charge in [0.1, 0.15) is 5.75 Å². The van der Waals surface area contributed by atoms with Crippen LogP contribution in [-0.4, -0.2) is 28.0 Å². The van der Waals surface area contributed by atoms with Crippen molar-refractivity contribution < 1.29 is 15.5 Å². The number of aromatic hydroxyl groups is 1. The summed E-state index contributed by atoms with van der Waals surface area (Å²) < 4.78 is 0. The molecule has 0 radical (unpaired) electrons. The van der Waals surface area contributed by atoms with Gasteiger partial charge in [-0.15, -0.1) is 0 Å². The highest BCUT2D eigenvalue weighted by atomic mass is 16.4. The Morgan fingerprint density at radius 1 is 0.864 bits per heavy atom. The van der Waals surface area contributed by atoms with E-state index in [9.17, 15) is 5.11 Å². The summed E-state index contributed by atoms with van der Waals surface area (Å²) in [6, 6.07) is 3.59. The van der Waals surface area contributed by atoms with Crippen LogP contribution in [0.4, 0.5) is 0 Å². The molecule has 0 aliphatic heterocycles. The number of aryl methyl sites for hydroxylation is 1. The summed E-state index contributed by atoms with van der Waals surface area (Å²) in [5.41, 5.74) is 1.85. The largest absolute Gasteiger partial charge is 0.507 e. The predicted molar refractivity (Wildman–Crippen MR) is 88.6 cm³/mol. The zero-order valence-electron chi connectivity index (χ0n) is 13.2. The van der Waals surface area contributed by atoms with Crippen molar-refractivity contribution in [1.29, 1.82) is 0 Å². The summed E-state index contributed by atoms with van der Waals surface area (Å²) in [5.74, 6) is -0.0566. The van der Waals surface area contributed by atoms with Crippen molar-refractivity contribution in [2.24, 2.45) is 10.3 Å². The molecule has 0 bridgehead atoms. The number of rotatable bonds is 10. The van der Waals surface area contributed by atoms with E-state index in [0.717, 1.165) is 18.4 Å². The molecular formula is C17H26N2O3. The van der Waals surface area contributed by atoms with Crippen LogP contribution in [0.5, 0.6) is 5.75 Å². The molecule has 1 aromatic rings. The highest BCUT2D eigenvalue weighted by Crippen LogP contribution is 2.23. The van der Waals surface area contributed by atoms with Crippen LogP contribution in [0, 0.1) is 0 Å². The molecule has 0 saturated heterocycles. The Balaban J connectivity index is 2.59. The second kappa shape index (κ2) is 10.7. The number of phenols is 1. The Hall–Kier alpha value is -2.04. The van der Waals surface area contributed by atoms with Crippen LogP contribution in [0.15, 0.2) is 22.4 Å². The van der Waals surface area contributed by atoms with Crippen LogP contribution in [0.25, 0.3) is 0 Å². The number of phenolic OH excluding ortho intramolecular Hbond substituents is 1. The Labute approximate surface area is 132 Å². The lowest BCUT2D eigenvalue weighted by atomic mass is 9.99. The molecule has 0 heterocycles. The fraction of sp³-hybridized carbons (Fsp3) is 0.529. The summed E-state index contributed by atoms with van der Waals surface area (Å²) >= 11 is 0. The molecular weight excluding hydrogens is 280 g/mol. The minimum atomic E-state index is -0.0566. The smallest absolute Gasteiger partial charge is 0.133 e. The van der Waals surface area contributed by atoms with Gasteiger partial charge in [0.25, 0.3) is 0 Å². The van der Waals surface area contributed by atoms with Crippen molar-refractivity contribution in [3.05, 3.63) is 28.8 Å². The van der Waals surface area contributed by atoms with Gasteiger partial charge in [-0.05, 0) is 30.5 Å². The molecule has 122 valence electrons. The number of unbranched alkanes of at least 4 members (excludes halogenated alkanes) is 6. The first-order valence-electron chi connectivity index (χ1n) is 7.93. The van der Waals surface area contributed by atoms with E-state index in [1.54, 1.807) is 12.1 Å². The molecule has 0 saturated carbocycles. The lowest BCUT2D eigenvalue weighted by molar-refractivity contribution is 0.321. The van der Waals surface area contributed by atoms with E-state index < -0.39 is 0 Å². The predicted octanol–water partition coefficient (Wildman–Crippen LogP) is 4.30. The van der Waals surface area contributed by atoms with Gasteiger partial charge in [0, 0.05) is 11.1 Å². The molecule has 5 heteroatoms. The molecule has 3 N–H and O–H groups in total. The third-order valence-corrected chi connectivity index (χ3v) is 3.69. The normalized spacial score (nSPS) is 11.7. The van der Waals surface area contributed by atoms with Gasteiger partial charge >= 0.3 is 0 Å². The van der Waals surface area contributed by atoms with Gasteiger partial charge in [-0.25, -0.2) is 0 Å². The van der Waals surface area contributed by atoms with E-state index in [2.05, 4.69) is 17.2 Å². The van der Waals surface area contributed by atoms with Gasteiger partial charge < -0.3 is 15.5 Å². The van der Waals surface area contributed by atoms with Crippen molar-refractivity contribution >= 4 is 12.4 Å². The van der Waals surface area contributed by atoms with Crippen LogP contribution in [0.2, 0.25) is 0 Å². The van der Waals surface area contributed by atoms with E-state index in [-0.39, 0.29) is 5.75 Å². The minimum absolute atomic E-state index is 0.0566. The first-order chi connectivity index (χ1) is 10.7. The van der Waals surface area contributed by atoms with E-state index >= 15 is 0 Å². The van der Waals surface area contributed by atoms with E-state index in [0.29, 0.717) is 11.1 Å². The zero-order valence-corrected chi connectivity index (χ0v) is 13.2. The summed E-state index contributed by atoms with van der Waals surface area (Å²) in [6.45, 7) is 2.21. The fourth-order valence-electron chi connectivity index (χ4n) is 2.50. The van der Waals surface area contributed by atoms with Gasteiger partial charge in [0.15, 0.2) is 0 Å². The topological polar surface area (TPSA) is 85.4 Å². The Bertz CT molecular complexity index is 466. The van der Waals surface area contributed by atoms with Crippen LogP contribution >= 0.6 is 0 Å². The fourth-order valence-corrected chi connectivity index (χ4v) is 2.50. The van der Waals surface area contributed by atoms with Gasteiger partial charge in [-0.1, -0.05) is 55.8 Å². The number of hydrogen-bond acceptors (Lipinski definition) is 5. The van der Waals surface area contributed by atoms with Crippen LogP contribution < -0.4 is 0 Å². The average molecular weight is 306 g/mol. The van der Waals surface area contributed by atoms with Crippen molar-refractivity contribution in [3.8, 4) is 5.75 Å². The molecule has 0 aliphatic carbocycles. The maximum Gasteiger partial charge on any atom is 0.133 e. The number of hydrogen-bond donors (Lipinski definition) is 3. The standard InChI is InChI=1S/C17H26N2O3/c1-2-3-4-5-6-7-8-9-14-10-15(12-18-21)17(20)16(11-14)13-19-22/h10-13,20-22H,2-9H2,1H3. The van der Waals surface area contributed by atoms with E-state index in [1.807, 2.05) is 0 Å². The molecule has 22 heavy (non-hydrogen) atoms. The molecule has 0 fully saturated rings.